The molecule has 4 aliphatic carbocycles. The van der Waals surface area contributed by atoms with Crippen LogP contribution < -0.4 is 0 Å². The highest BCUT2D eigenvalue weighted by Gasteiger charge is 2.57. The Morgan fingerprint density at radius 3 is 2.70 bits per heavy atom. The molecule has 0 N–H and O–H groups in total. The number of benzene rings is 1. The minimum Gasteiger partial charge on any atom is -0.334 e. The Morgan fingerprint density at radius 1 is 0.939 bits per heavy atom. The van der Waals surface area contributed by atoms with Crippen LogP contribution in [0.4, 0.5) is 0 Å². The maximum atomic E-state index is 4.71. The van der Waals surface area contributed by atoms with Crippen molar-refractivity contribution >= 4 is 16.7 Å². The normalized spacial score (nSPS) is 37.8. The fourth-order valence-corrected chi connectivity index (χ4v) is 8.45. The molecule has 2 fully saturated rings. The van der Waals surface area contributed by atoms with Gasteiger partial charge in [-0.2, -0.15) is 0 Å². The number of fused-ring (bicyclic) bond motifs is 6. The van der Waals surface area contributed by atoms with Gasteiger partial charge in [0.2, 0.25) is 0 Å². The van der Waals surface area contributed by atoms with E-state index in [2.05, 4.69) is 76.9 Å². The number of para-hydroxylation sites is 2. The zero-order valence-corrected chi connectivity index (χ0v) is 19.8. The van der Waals surface area contributed by atoms with E-state index >= 15 is 0 Å². The lowest BCUT2D eigenvalue weighted by Gasteiger charge is -2.58. The SMILES string of the molecule is C[C@]12CCC(n3ccnc3)CC1=CC[C@@H]1[C@@H]2CC[C@]2(C)C(n3cnc4ccccc43)=CC[C@@H]12. The maximum absolute atomic E-state index is 4.71. The van der Waals surface area contributed by atoms with Crippen LogP contribution in [0.2, 0.25) is 0 Å². The molecule has 170 valence electrons. The van der Waals surface area contributed by atoms with E-state index in [1.165, 1.54) is 56.2 Å². The Bertz CT molecular complexity index is 1260. The molecular formula is C29H34N4. The van der Waals surface area contributed by atoms with Crippen LogP contribution in [-0.2, 0) is 0 Å². The standard InChI is InChI=1S/C29H34N4/c1-28-13-11-21(32-16-15-30-18-32)17-20(28)7-8-22-23-9-10-27(29(23,2)14-12-24(22)28)33-19-31-25-5-3-4-6-26(25)33/h3-7,10,15-16,18-19,21-24H,8-9,11-14,17H2,1-2H3/t21?,22-,23-,24-,28-,29-/m0/s1. The maximum Gasteiger partial charge on any atom is 0.100 e. The Hall–Kier alpha value is -2.62. The van der Waals surface area contributed by atoms with Crippen molar-refractivity contribution in [3.63, 3.8) is 0 Å². The van der Waals surface area contributed by atoms with Crippen molar-refractivity contribution in [2.75, 3.05) is 0 Å². The molecule has 4 nitrogen and oxygen atoms in total. The summed E-state index contributed by atoms with van der Waals surface area (Å²) in [4.78, 5) is 9.02. The molecule has 0 radical (unpaired) electrons. The summed E-state index contributed by atoms with van der Waals surface area (Å²) >= 11 is 0. The van der Waals surface area contributed by atoms with Crippen molar-refractivity contribution in [3.05, 3.63) is 67.0 Å². The van der Waals surface area contributed by atoms with Gasteiger partial charge in [-0.15, -0.1) is 0 Å². The van der Waals surface area contributed by atoms with Crippen molar-refractivity contribution in [2.45, 2.75) is 64.8 Å². The lowest BCUT2D eigenvalue weighted by atomic mass is 9.47. The summed E-state index contributed by atoms with van der Waals surface area (Å²) in [6.07, 6.45) is 22.3. The second-order valence-electron chi connectivity index (χ2n) is 11.6. The van der Waals surface area contributed by atoms with Crippen LogP contribution in [-0.4, -0.2) is 19.1 Å². The van der Waals surface area contributed by atoms with Crippen molar-refractivity contribution < 1.29 is 0 Å². The van der Waals surface area contributed by atoms with Gasteiger partial charge in [0.1, 0.15) is 6.33 Å². The molecule has 2 saturated carbocycles. The first-order valence-electron chi connectivity index (χ1n) is 12.9. The molecule has 0 amide bonds. The predicted molar refractivity (Wildman–Crippen MR) is 132 cm³/mol. The Balaban J connectivity index is 1.20. The summed E-state index contributed by atoms with van der Waals surface area (Å²) in [6, 6.07) is 9.17. The van der Waals surface area contributed by atoms with E-state index in [0.29, 0.717) is 11.5 Å². The van der Waals surface area contributed by atoms with Crippen LogP contribution in [0, 0.1) is 28.6 Å². The first-order chi connectivity index (χ1) is 16.1. The van der Waals surface area contributed by atoms with E-state index in [-0.39, 0.29) is 5.41 Å². The second-order valence-corrected chi connectivity index (χ2v) is 11.6. The monoisotopic (exact) mass is 438 g/mol. The topological polar surface area (TPSA) is 35.6 Å². The van der Waals surface area contributed by atoms with Crippen LogP contribution in [0.25, 0.3) is 16.7 Å². The average Bonchev–Trinajstić information content (AvgIpc) is 3.57. The third-order valence-electron chi connectivity index (χ3n) is 10.3. The molecule has 4 heteroatoms. The van der Waals surface area contributed by atoms with Crippen LogP contribution in [0.15, 0.2) is 67.0 Å². The quantitative estimate of drug-likeness (QED) is 0.409. The van der Waals surface area contributed by atoms with Crippen molar-refractivity contribution in [2.24, 2.45) is 28.6 Å². The highest BCUT2D eigenvalue weighted by atomic mass is 15.1. The number of aromatic nitrogens is 4. The molecule has 2 heterocycles. The van der Waals surface area contributed by atoms with Gasteiger partial charge in [-0.1, -0.05) is 43.7 Å². The predicted octanol–water partition coefficient (Wildman–Crippen LogP) is 6.89. The zero-order valence-electron chi connectivity index (χ0n) is 19.8. The molecule has 0 spiro atoms. The summed E-state index contributed by atoms with van der Waals surface area (Å²) in [7, 11) is 0. The summed E-state index contributed by atoms with van der Waals surface area (Å²) in [5.74, 6) is 2.37. The minimum atomic E-state index is 0.250. The largest absolute Gasteiger partial charge is 0.334 e. The minimum absolute atomic E-state index is 0.250. The van der Waals surface area contributed by atoms with E-state index in [0.717, 1.165) is 23.3 Å². The molecule has 1 unspecified atom stereocenters. The van der Waals surface area contributed by atoms with Gasteiger partial charge in [0.05, 0.1) is 17.4 Å². The molecule has 6 atom stereocenters. The van der Waals surface area contributed by atoms with Gasteiger partial charge in [-0.05, 0) is 80.2 Å². The fourth-order valence-electron chi connectivity index (χ4n) is 8.45. The van der Waals surface area contributed by atoms with E-state index < -0.39 is 0 Å². The van der Waals surface area contributed by atoms with E-state index in [4.69, 9.17) is 4.98 Å². The molecule has 0 bridgehead atoms. The van der Waals surface area contributed by atoms with Crippen molar-refractivity contribution in [1.82, 2.24) is 19.1 Å². The van der Waals surface area contributed by atoms with Crippen LogP contribution in [0.3, 0.4) is 0 Å². The lowest BCUT2D eigenvalue weighted by molar-refractivity contribution is -0.0151. The van der Waals surface area contributed by atoms with Crippen LogP contribution >= 0.6 is 0 Å². The number of allylic oxidation sites excluding steroid dienone is 4. The third kappa shape index (κ3) is 2.70. The Morgan fingerprint density at radius 2 is 1.82 bits per heavy atom. The summed E-state index contributed by atoms with van der Waals surface area (Å²) in [6.45, 7) is 5.16. The number of nitrogens with zero attached hydrogens (tertiary/aromatic N) is 4. The summed E-state index contributed by atoms with van der Waals surface area (Å²) < 4.78 is 4.74. The first kappa shape index (κ1) is 19.8. The smallest absolute Gasteiger partial charge is 0.100 e. The summed E-state index contributed by atoms with van der Waals surface area (Å²) in [5, 5.41) is 0. The molecule has 3 aromatic rings. The molecule has 33 heavy (non-hydrogen) atoms. The average molecular weight is 439 g/mol. The number of hydrogen-bond acceptors (Lipinski definition) is 2. The van der Waals surface area contributed by atoms with Gasteiger partial charge in [0, 0.05) is 29.5 Å². The molecule has 0 saturated heterocycles. The summed E-state index contributed by atoms with van der Waals surface area (Å²) in [5.41, 5.74) is 6.23. The van der Waals surface area contributed by atoms with E-state index in [9.17, 15) is 0 Å². The molecular weight excluding hydrogens is 404 g/mol. The van der Waals surface area contributed by atoms with Crippen molar-refractivity contribution in [1.29, 1.82) is 0 Å². The van der Waals surface area contributed by atoms with Crippen LogP contribution in [0.5, 0.6) is 0 Å². The number of rotatable bonds is 2. The van der Waals surface area contributed by atoms with Gasteiger partial charge < -0.3 is 9.13 Å². The highest BCUT2D eigenvalue weighted by molar-refractivity contribution is 5.80. The van der Waals surface area contributed by atoms with Crippen molar-refractivity contribution in [3.8, 4) is 0 Å². The van der Waals surface area contributed by atoms with Gasteiger partial charge >= 0.3 is 0 Å². The molecule has 7 rings (SSSR count). The molecule has 4 aliphatic rings. The number of imidazole rings is 2. The van der Waals surface area contributed by atoms with Gasteiger partial charge in [0.25, 0.3) is 0 Å². The zero-order chi connectivity index (χ0) is 22.2. The third-order valence-corrected chi connectivity index (χ3v) is 10.3. The van der Waals surface area contributed by atoms with Gasteiger partial charge in [-0.25, -0.2) is 9.97 Å². The highest BCUT2D eigenvalue weighted by Crippen LogP contribution is 2.66. The van der Waals surface area contributed by atoms with E-state index in [1.807, 2.05) is 12.5 Å². The first-order valence-corrected chi connectivity index (χ1v) is 12.9. The van der Waals surface area contributed by atoms with Crippen LogP contribution in [0.1, 0.15) is 64.8 Å². The molecule has 0 aliphatic heterocycles. The number of hydrogen-bond donors (Lipinski definition) is 0. The fraction of sp³-hybridized carbons (Fsp3) is 0.517. The molecule has 1 aromatic carbocycles. The second kappa shape index (κ2) is 6.94. The lowest BCUT2D eigenvalue weighted by Crippen LogP contribution is -2.49. The Labute approximate surface area is 196 Å². The molecule has 2 aromatic heterocycles. The van der Waals surface area contributed by atoms with E-state index in [1.54, 1.807) is 5.57 Å². The Kier molecular flexibility index (Phi) is 4.17. The van der Waals surface area contributed by atoms with Gasteiger partial charge in [0.15, 0.2) is 0 Å². The van der Waals surface area contributed by atoms with Gasteiger partial charge in [-0.3, -0.25) is 0 Å².